The van der Waals surface area contributed by atoms with Crippen LogP contribution in [-0.4, -0.2) is 41.9 Å². The van der Waals surface area contributed by atoms with Gasteiger partial charge in [-0.05, 0) is 13.0 Å². The summed E-state index contributed by atoms with van der Waals surface area (Å²) >= 11 is 0. The average Bonchev–Trinajstić information content (AvgIpc) is 2.30. The third-order valence-electron chi connectivity index (χ3n) is 2.84. The molecule has 3 N–H and O–H groups in total. The molecule has 0 radical (unpaired) electrons. The molecule has 1 unspecified atom stereocenters. The van der Waals surface area contributed by atoms with Crippen molar-refractivity contribution in [3.05, 3.63) is 17.8 Å². The van der Waals surface area contributed by atoms with E-state index in [1.165, 1.54) is 12.3 Å². The molecule has 6 nitrogen and oxygen atoms in total. The first-order valence-corrected chi connectivity index (χ1v) is 5.43. The molecular formula is C11H15N3O3. The summed E-state index contributed by atoms with van der Waals surface area (Å²) in [6.07, 6.45) is 1.47. The van der Waals surface area contributed by atoms with Crippen molar-refractivity contribution in [2.45, 2.75) is 13.0 Å². The Labute approximate surface area is 99.0 Å². The normalized spacial score (nSPS) is 20.3. The van der Waals surface area contributed by atoms with E-state index in [-0.39, 0.29) is 17.3 Å². The fraction of sp³-hybridized carbons (Fsp3) is 0.455. The summed E-state index contributed by atoms with van der Waals surface area (Å²) in [6, 6.07) is 1.55. The molecule has 1 fully saturated rings. The number of nitrogen functional groups attached to an aromatic ring is 1. The molecule has 92 valence electrons. The van der Waals surface area contributed by atoms with Crippen molar-refractivity contribution in [1.82, 2.24) is 4.98 Å². The van der Waals surface area contributed by atoms with Gasteiger partial charge in [-0.1, -0.05) is 0 Å². The molecule has 1 saturated heterocycles. The van der Waals surface area contributed by atoms with Gasteiger partial charge in [0.05, 0.1) is 30.5 Å². The highest BCUT2D eigenvalue weighted by molar-refractivity contribution is 5.96. The Balaban J connectivity index is 2.38. The molecule has 0 aliphatic carbocycles. The Bertz CT molecular complexity index is 436. The first kappa shape index (κ1) is 11.7. The number of nitrogens with two attached hydrogens (primary N) is 1. The fourth-order valence-electron chi connectivity index (χ4n) is 1.92. The number of carboxylic acid groups (broad SMARTS) is 1. The highest BCUT2D eigenvalue weighted by Crippen LogP contribution is 2.26. The Hall–Kier alpha value is -1.82. The van der Waals surface area contributed by atoms with Crippen molar-refractivity contribution in [1.29, 1.82) is 0 Å². The Kier molecular flexibility index (Phi) is 3.14. The van der Waals surface area contributed by atoms with E-state index in [1.54, 1.807) is 0 Å². The molecule has 1 aliphatic heterocycles. The van der Waals surface area contributed by atoms with Crippen molar-refractivity contribution in [2.24, 2.45) is 0 Å². The van der Waals surface area contributed by atoms with Crippen molar-refractivity contribution >= 4 is 17.5 Å². The third kappa shape index (κ3) is 2.16. The largest absolute Gasteiger partial charge is 0.478 e. The average molecular weight is 237 g/mol. The number of pyridine rings is 1. The number of aromatic nitrogens is 1. The SMILES string of the molecule is CC1COCCN1c1nccc(C(=O)O)c1N. The fourth-order valence-corrected chi connectivity index (χ4v) is 1.92. The standard InChI is InChI=1S/C11H15N3O3/c1-7-6-17-5-4-14(7)10-9(12)8(11(15)16)2-3-13-10/h2-3,7H,4-6,12H2,1H3,(H,15,16). The van der Waals surface area contributed by atoms with Crippen LogP contribution in [0.25, 0.3) is 0 Å². The number of aromatic carboxylic acids is 1. The summed E-state index contributed by atoms with van der Waals surface area (Å²) in [5, 5.41) is 9.00. The second kappa shape index (κ2) is 4.58. The van der Waals surface area contributed by atoms with E-state index < -0.39 is 5.97 Å². The van der Waals surface area contributed by atoms with Crippen molar-refractivity contribution in [3.8, 4) is 0 Å². The van der Waals surface area contributed by atoms with Crippen LogP contribution in [-0.2, 0) is 4.74 Å². The Morgan fingerprint density at radius 1 is 1.71 bits per heavy atom. The van der Waals surface area contributed by atoms with Gasteiger partial charge in [-0.15, -0.1) is 0 Å². The lowest BCUT2D eigenvalue weighted by molar-refractivity contribution is 0.0698. The van der Waals surface area contributed by atoms with Gasteiger partial charge in [0.15, 0.2) is 5.82 Å². The van der Waals surface area contributed by atoms with Gasteiger partial charge in [0, 0.05) is 12.7 Å². The highest BCUT2D eigenvalue weighted by Gasteiger charge is 2.24. The van der Waals surface area contributed by atoms with Crippen LogP contribution in [0.15, 0.2) is 12.3 Å². The minimum Gasteiger partial charge on any atom is -0.478 e. The van der Waals surface area contributed by atoms with E-state index in [9.17, 15) is 4.79 Å². The van der Waals surface area contributed by atoms with Crippen LogP contribution >= 0.6 is 0 Å². The minimum atomic E-state index is -1.04. The Morgan fingerprint density at radius 2 is 2.47 bits per heavy atom. The predicted molar refractivity (Wildman–Crippen MR) is 63.2 cm³/mol. The summed E-state index contributed by atoms with van der Waals surface area (Å²) < 4.78 is 5.32. The number of nitrogens with zero attached hydrogens (tertiary/aromatic N) is 2. The van der Waals surface area contributed by atoms with Crippen LogP contribution in [0.5, 0.6) is 0 Å². The lowest BCUT2D eigenvalue weighted by Crippen LogP contribution is -2.44. The molecule has 2 heterocycles. The molecule has 17 heavy (non-hydrogen) atoms. The van der Waals surface area contributed by atoms with Crippen molar-refractivity contribution < 1.29 is 14.6 Å². The molecule has 0 saturated carbocycles. The Morgan fingerprint density at radius 3 is 3.12 bits per heavy atom. The van der Waals surface area contributed by atoms with Gasteiger partial charge < -0.3 is 20.5 Å². The second-order valence-electron chi connectivity index (χ2n) is 4.02. The predicted octanol–water partition coefficient (Wildman–Crippen LogP) is 0.587. The number of anilines is 2. The quantitative estimate of drug-likeness (QED) is 0.782. The molecule has 1 aliphatic rings. The van der Waals surface area contributed by atoms with E-state index in [4.69, 9.17) is 15.6 Å². The summed E-state index contributed by atoms with van der Waals surface area (Å²) in [5.74, 6) is -0.507. The zero-order valence-electron chi connectivity index (χ0n) is 9.59. The lowest BCUT2D eigenvalue weighted by atomic mass is 10.2. The van der Waals surface area contributed by atoms with E-state index in [0.717, 1.165) is 0 Å². The zero-order valence-corrected chi connectivity index (χ0v) is 9.59. The van der Waals surface area contributed by atoms with E-state index in [2.05, 4.69) is 4.98 Å². The number of rotatable bonds is 2. The monoisotopic (exact) mass is 237 g/mol. The molecule has 0 amide bonds. The van der Waals surface area contributed by atoms with Crippen LogP contribution in [0.2, 0.25) is 0 Å². The van der Waals surface area contributed by atoms with Gasteiger partial charge in [0.1, 0.15) is 0 Å². The highest BCUT2D eigenvalue weighted by atomic mass is 16.5. The molecule has 1 aromatic heterocycles. The zero-order chi connectivity index (χ0) is 12.4. The first-order chi connectivity index (χ1) is 8.11. The molecular weight excluding hydrogens is 222 g/mol. The maximum atomic E-state index is 11.0. The molecule has 0 aromatic carbocycles. The smallest absolute Gasteiger partial charge is 0.337 e. The van der Waals surface area contributed by atoms with Crippen LogP contribution < -0.4 is 10.6 Å². The summed E-state index contributed by atoms with van der Waals surface area (Å²) in [6.45, 7) is 3.86. The van der Waals surface area contributed by atoms with Gasteiger partial charge in [0.2, 0.25) is 0 Å². The topological polar surface area (TPSA) is 88.7 Å². The molecule has 1 atom stereocenters. The van der Waals surface area contributed by atoms with Gasteiger partial charge in [-0.25, -0.2) is 9.78 Å². The van der Waals surface area contributed by atoms with Crippen molar-refractivity contribution in [2.75, 3.05) is 30.4 Å². The molecule has 6 heteroatoms. The van der Waals surface area contributed by atoms with E-state index in [1.807, 2.05) is 11.8 Å². The maximum absolute atomic E-state index is 11.0. The number of carbonyl (C=O) groups is 1. The molecule has 2 rings (SSSR count). The van der Waals surface area contributed by atoms with Gasteiger partial charge in [-0.2, -0.15) is 0 Å². The summed E-state index contributed by atoms with van der Waals surface area (Å²) in [4.78, 5) is 17.1. The minimum absolute atomic E-state index is 0.0914. The van der Waals surface area contributed by atoms with Crippen LogP contribution in [0.4, 0.5) is 11.5 Å². The van der Waals surface area contributed by atoms with Gasteiger partial charge in [0.25, 0.3) is 0 Å². The summed E-state index contributed by atoms with van der Waals surface area (Å²) in [5.41, 5.74) is 6.16. The second-order valence-corrected chi connectivity index (χ2v) is 4.02. The number of morpholine rings is 1. The number of ether oxygens (including phenoxy) is 1. The number of hydrogen-bond acceptors (Lipinski definition) is 5. The molecule has 0 spiro atoms. The lowest BCUT2D eigenvalue weighted by Gasteiger charge is -2.35. The van der Waals surface area contributed by atoms with E-state index >= 15 is 0 Å². The van der Waals surface area contributed by atoms with Crippen LogP contribution in [0, 0.1) is 0 Å². The van der Waals surface area contributed by atoms with Gasteiger partial charge in [-0.3, -0.25) is 0 Å². The van der Waals surface area contributed by atoms with Crippen molar-refractivity contribution in [3.63, 3.8) is 0 Å². The maximum Gasteiger partial charge on any atom is 0.337 e. The van der Waals surface area contributed by atoms with E-state index in [0.29, 0.717) is 25.6 Å². The first-order valence-electron chi connectivity index (χ1n) is 5.43. The number of hydrogen-bond donors (Lipinski definition) is 2. The third-order valence-corrected chi connectivity index (χ3v) is 2.84. The number of carboxylic acids is 1. The van der Waals surface area contributed by atoms with Crippen LogP contribution in [0.1, 0.15) is 17.3 Å². The summed E-state index contributed by atoms with van der Waals surface area (Å²) in [7, 11) is 0. The molecule has 0 bridgehead atoms. The molecule has 1 aromatic rings. The van der Waals surface area contributed by atoms with Gasteiger partial charge >= 0.3 is 5.97 Å². The van der Waals surface area contributed by atoms with Crippen LogP contribution in [0.3, 0.4) is 0 Å².